The normalized spacial score (nSPS) is 17.2. The Kier molecular flexibility index (Phi) is 3.91. The highest BCUT2D eigenvalue weighted by Crippen LogP contribution is 2.41. The summed E-state index contributed by atoms with van der Waals surface area (Å²) >= 11 is 0. The van der Waals surface area contributed by atoms with Crippen molar-refractivity contribution < 1.29 is 9.47 Å². The van der Waals surface area contributed by atoms with Crippen LogP contribution in [0.1, 0.15) is 30.1 Å². The van der Waals surface area contributed by atoms with E-state index in [-0.39, 0.29) is 6.04 Å². The average molecular weight is 339 g/mol. The van der Waals surface area contributed by atoms with Gasteiger partial charge in [0.15, 0.2) is 0 Å². The molecule has 0 amide bonds. The molecule has 1 aliphatic rings. The second kappa shape index (κ2) is 6.23. The number of aromatic nitrogens is 4. The number of hydrogen-bond acceptors (Lipinski definition) is 6. The molecule has 1 aliphatic heterocycles. The maximum absolute atomic E-state index is 5.63. The smallest absolute Gasteiger partial charge is 0.254 e. The minimum atomic E-state index is 0.218. The molecule has 3 heterocycles. The van der Waals surface area contributed by atoms with Crippen LogP contribution in [0, 0.1) is 6.92 Å². The predicted molar refractivity (Wildman–Crippen MR) is 94.4 cm³/mol. The van der Waals surface area contributed by atoms with Crippen molar-refractivity contribution in [3.63, 3.8) is 0 Å². The van der Waals surface area contributed by atoms with E-state index in [1.165, 1.54) is 0 Å². The first-order valence-corrected chi connectivity index (χ1v) is 8.37. The Balaban J connectivity index is 1.79. The van der Waals surface area contributed by atoms with Crippen LogP contribution in [0.4, 0.5) is 5.82 Å². The lowest BCUT2D eigenvalue weighted by atomic mass is 10.0. The predicted octanol–water partition coefficient (Wildman–Crippen LogP) is 2.79. The molecule has 7 nitrogen and oxygen atoms in total. The fourth-order valence-electron chi connectivity index (χ4n) is 3.57. The van der Waals surface area contributed by atoms with Gasteiger partial charge >= 0.3 is 0 Å². The molecule has 1 aromatic carbocycles. The van der Waals surface area contributed by atoms with Gasteiger partial charge in [-0.1, -0.05) is 0 Å². The molecular weight excluding hydrogens is 318 g/mol. The summed E-state index contributed by atoms with van der Waals surface area (Å²) in [4.78, 5) is 11.0. The van der Waals surface area contributed by atoms with Gasteiger partial charge in [0.1, 0.15) is 23.6 Å². The third-order valence-corrected chi connectivity index (χ3v) is 4.71. The van der Waals surface area contributed by atoms with E-state index >= 15 is 0 Å². The molecule has 0 saturated carbocycles. The number of hydrogen-bond donors (Lipinski definition) is 0. The zero-order chi connectivity index (χ0) is 17.4. The van der Waals surface area contributed by atoms with Crippen LogP contribution < -0.4 is 14.4 Å². The second-order valence-electron chi connectivity index (χ2n) is 6.19. The fourth-order valence-corrected chi connectivity index (χ4v) is 3.57. The van der Waals surface area contributed by atoms with E-state index < -0.39 is 0 Å². The highest BCUT2D eigenvalue weighted by molar-refractivity contribution is 5.53. The van der Waals surface area contributed by atoms with Gasteiger partial charge in [-0.15, -0.1) is 0 Å². The highest BCUT2D eigenvalue weighted by Gasteiger charge is 2.30. The lowest BCUT2D eigenvalue weighted by molar-refractivity contribution is 0.388. The SMILES string of the molecule is COc1ccc([C@@H]2CCCN2c2cc(C)nc3ncnn23)c(OC)c1. The van der Waals surface area contributed by atoms with Crippen LogP contribution in [0.5, 0.6) is 11.5 Å². The molecule has 0 radical (unpaired) electrons. The number of benzene rings is 1. The monoisotopic (exact) mass is 339 g/mol. The number of anilines is 1. The van der Waals surface area contributed by atoms with Crippen LogP contribution in [0.25, 0.3) is 5.78 Å². The lowest BCUT2D eigenvalue weighted by Crippen LogP contribution is -2.25. The van der Waals surface area contributed by atoms with Crippen LogP contribution in [-0.4, -0.2) is 40.3 Å². The Hall–Kier alpha value is -2.83. The van der Waals surface area contributed by atoms with Crippen molar-refractivity contribution in [2.45, 2.75) is 25.8 Å². The van der Waals surface area contributed by atoms with Crippen LogP contribution in [0.2, 0.25) is 0 Å². The summed E-state index contributed by atoms with van der Waals surface area (Å²) < 4.78 is 12.8. The Labute approximate surface area is 146 Å². The van der Waals surface area contributed by atoms with Crippen LogP contribution in [0.3, 0.4) is 0 Å². The van der Waals surface area contributed by atoms with Crippen molar-refractivity contribution >= 4 is 11.6 Å². The number of ether oxygens (including phenoxy) is 2. The van der Waals surface area contributed by atoms with Crippen molar-refractivity contribution in [1.29, 1.82) is 0 Å². The molecule has 7 heteroatoms. The molecule has 4 rings (SSSR count). The number of methoxy groups -OCH3 is 2. The Morgan fingerprint density at radius 1 is 1.16 bits per heavy atom. The van der Waals surface area contributed by atoms with E-state index in [0.29, 0.717) is 5.78 Å². The third kappa shape index (κ3) is 2.65. The summed E-state index contributed by atoms with van der Waals surface area (Å²) in [5.41, 5.74) is 2.09. The van der Waals surface area contributed by atoms with Crippen LogP contribution in [0.15, 0.2) is 30.6 Å². The van der Waals surface area contributed by atoms with Crippen molar-refractivity contribution in [3.8, 4) is 11.5 Å². The summed E-state index contributed by atoms with van der Waals surface area (Å²) in [6, 6.07) is 8.30. The molecule has 0 bridgehead atoms. The molecule has 0 N–H and O–H groups in total. The van der Waals surface area contributed by atoms with Gasteiger partial charge in [0.2, 0.25) is 0 Å². The van der Waals surface area contributed by atoms with Crippen molar-refractivity contribution in [2.24, 2.45) is 0 Å². The Bertz CT molecular complexity index is 908. The largest absolute Gasteiger partial charge is 0.497 e. The summed E-state index contributed by atoms with van der Waals surface area (Å²) in [6.07, 6.45) is 3.71. The molecule has 1 saturated heterocycles. The maximum Gasteiger partial charge on any atom is 0.254 e. The zero-order valence-electron chi connectivity index (χ0n) is 14.6. The van der Waals surface area contributed by atoms with Gasteiger partial charge in [-0.2, -0.15) is 14.6 Å². The van der Waals surface area contributed by atoms with E-state index in [2.05, 4.69) is 32.1 Å². The number of nitrogens with zero attached hydrogens (tertiary/aromatic N) is 5. The van der Waals surface area contributed by atoms with Gasteiger partial charge in [0.05, 0.1) is 20.3 Å². The van der Waals surface area contributed by atoms with E-state index in [4.69, 9.17) is 9.47 Å². The summed E-state index contributed by atoms with van der Waals surface area (Å²) in [5.74, 6) is 3.28. The topological polar surface area (TPSA) is 64.8 Å². The molecule has 1 fully saturated rings. The van der Waals surface area contributed by atoms with Gasteiger partial charge in [-0.3, -0.25) is 0 Å². The standard InChI is InChI=1S/C18H21N5O2/c1-12-9-17(23-18(21-12)19-11-20-23)22-8-4-5-15(22)14-7-6-13(24-2)10-16(14)25-3/h6-7,9-11,15H,4-5,8H2,1-3H3/t15-/m0/s1. The molecule has 1 atom stereocenters. The molecule has 25 heavy (non-hydrogen) atoms. The first kappa shape index (κ1) is 15.7. The maximum atomic E-state index is 5.63. The average Bonchev–Trinajstić information content (AvgIpc) is 3.29. The molecular formula is C18H21N5O2. The summed E-state index contributed by atoms with van der Waals surface area (Å²) in [6.45, 7) is 2.94. The number of rotatable bonds is 4. The van der Waals surface area contributed by atoms with Gasteiger partial charge in [0, 0.05) is 29.9 Å². The van der Waals surface area contributed by atoms with Crippen molar-refractivity contribution in [2.75, 3.05) is 25.7 Å². The van der Waals surface area contributed by atoms with Gasteiger partial charge in [-0.05, 0) is 31.9 Å². The lowest BCUT2D eigenvalue weighted by Gasteiger charge is -2.28. The van der Waals surface area contributed by atoms with Crippen molar-refractivity contribution in [3.05, 3.63) is 41.9 Å². The second-order valence-corrected chi connectivity index (χ2v) is 6.19. The summed E-state index contributed by atoms with van der Waals surface area (Å²) in [5, 5.41) is 4.35. The van der Waals surface area contributed by atoms with E-state index in [1.807, 2.05) is 19.1 Å². The number of aryl methyl sites for hydroxylation is 1. The Morgan fingerprint density at radius 3 is 2.84 bits per heavy atom. The van der Waals surface area contributed by atoms with Crippen LogP contribution in [-0.2, 0) is 0 Å². The fraction of sp³-hybridized carbons (Fsp3) is 0.389. The summed E-state index contributed by atoms with van der Waals surface area (Å²) in [7, 11) is 3.36. The van der Waals surface area contributed by atoms with Crippen molar-refractivity contribution in [1.82, 2.24) is 19.6 Å². The van der Waals surface area contributed by atoms with Crippen LogP contribution >= 0.6 is 0 Å². The minimum absolute atomic E-state index is 0.218. The molecule has 0 aliphatic carbocycles. The first-order valence-electron chi connectivity index (χ1n) is 8.37. The quantitative estimate of drug-likeness (QED) is 0.728. The highest BCUT2D eigenvalue weighted by atomic mass is 16.5. The Morgan fingerprint density at radius 2 is 2.04 bits per heavy atom. The molecule has 0 unspecified atom stereocenters. The minimum Gasteiger partial charge on any atom is -0.497 e. The molecule has 130 valence electrons. The number of fused-ring (bicyclic) bond motifs is 1. The first-order chi connectivity index (χ1) is 12.2. The zero-order valence-corrected chi connectivity index (χ0v) is 14.6. The third-order valence-electron chi connectivity index (χ3n) is 4.71. The van der Waals surface area contributed by atoms with E-state index in [1.54, 1.807) is 25.1 Å². The van der Waals surface area contributed by atoms with Gasteiger partial charge < -0.3 is 14.4 Å². The molecule has 0 spiro atoms. The van der Waals surface area contributed by atoms with Gasteiger partial charge in [-0.25, -0.2) is 4.98 Å². The van der Waals surface area contributed by atoms with E-state index in [0.717, 1.165) is 48.0 Å². The molecule has 2 aromatic heterocycles. The van der Waals surface area contributed by atoms with Gasteiger partial charge in [0.25, 0.3) is 5.78 Å². The van der Waals surface area contributed by atoms with E-state index in [9.17, 15) is 0 Å². The molecule has 3 aromatic rings.